The summed E-state index contributed by atoms with van der Waals surface area (Å²) in [5.41, 5.74) is 8.38. The summed E-state index contributed by atoms with van der Waals surface area (Å²) in [6, 6.07) is 3.77. The van der Waals surface area contributed by atoms with E-state index in [9.17, 15) is 14.3 Å². The van der Waals surface area contributed by atoms with Gasteiger partial charge in [0.25, 0.3) is 5.56 Å². The summed E-state index contributed by atoms with van der Waals surface area (Å²) in [6.07, 6.45) is 6.12. The normalized spacial score (nSPS) is 28.7. The predicted octanol–water partition coefficient (Wildman–Crippen LogP) is 4.76. The first kappa shape index (κ1) is 20.6. The number of aliphatic hydroxyl groups is 1. The fourth-order valence-electron chi connectivity index (χ4n) is 8.12. The summed E-state index contributed by atoms with van der Waals surface area (Å²) in [4.78, 5) is 19.0. The summed E-state index contributed by atoms with van der Waals surface area (Å²) in [5, 5.41) is 11.8. The summed E-state index contributed by atoms with van der Waals surface area (Å²) < 4.78 is 22.6. The minimum absolute atomic E-state index is 0.0113. The van der Waals surface area contributed by atoms with Crippen molar-refractivity contribution in [3.63, 3.8) is 0 Å². The van der Waals surface area contributed by atoms with Crippen molar-refractivity contribution < 1.29 is 14.2 Å². The molecule has 0 radical (unpaired) electrons. The second kappa shape index (κ2) is 6.40. The molecule has 5 aliphatic rings. The van der Waals surface area contributed by atoms with Gasteiger partial charge in [0.2, 0.25) is 0 Å². The van der Waals surface area contributed by atoms with E-state index in [1.54, 1.807) is 6.07 Å². The number of fused-ring (bicyclic) bond motifs is 8. The van der Waals surface area contributed by atoms with E-state index in [0.29, 0.717) is 12.1 Å². The van der Waals surface area contributed by atoms with Crippen LogP contribution < -0.4 is 5.56 Å². The maximum atomic E-state index is 14.9. The summed E-state index contributed by atoms with van der Waals surface area (Å²) in [6.45, 7) is 4.69. The third-order valence-electron chi connectivity index (χ3n) is 10.4. The molecule has 0 saturated heterocycles. The number of nitrogens with zero attached hydrogens (tertiary/aromatic N) is 2. The van der Waals surface area contributed by atoms with E-state index in [4.69, 9.17) is 9.72 Å². The Balaban J connectivity index is 1.44. The van der Waals surface area contributed by atoms with Crippen LogP contribution in [0.15, 0.2) is 16.9 Å². The Bertz CT molecular complexity index is 1550. The van der Waals surface area contributed by atoms with Crippen LogP contribution in [0.3, 0.4) is 0 Å². The van der Waals surface area contributed by atoms with Gasteiger partial charge in [-0.1, -0.05) is 6.92 Å². The molecule has 5 nitrogen and oxygen atoms in total. The molecule has 2 aliphatic heterocycles. The molecule has 8 rings (SSSR count). The minimum atomic E-state index is -0.839. The van der Waals surface area contributed by atoms with Gasteiger partial charge < -0.3 is 14.4 Å². The predicted molar refractivity (Wildman–Crippen MR) is 130 cm³/mol. The molecule has 2 aromatic heterocycles. The molecule has 2 fully saturated rings. The van der Waals surface area contributed by atoms with Crippen LogP contribution >= 0.6 is 0 Å². The minimum Gasteiger partial charge on any atom is -0.368 e. The smallest absolute Gasteiger partial charge is 0.257 e. The highest BCUT2D eigenvalue weighted by Gasteiger charge is 2.54. The largest absolute Gasteiger partial charge is 0.368 e. The van der Waals surface area contributed by atoms with Gasteiger partial charge in [0.1, 0.15) is 5.82 Å². The Morgan fingerprint density at radius 2 is 2.03 bits per heavy atom. The van der Waals surface area contributed by atoms with Crippen molar-refractivity contribution >= 4 is 10.9 Å². The fraction of sp³-hybridized carbons (Fsp3) is 0.517. The Morgan fingerprint density at radius 1 is 1.20 bits per heavy atom. The number of aromatic nitrogens is 2. The van der Waals surface area contributed by atoms with Crippen LogP contribution in [0.1, 0.15) is 78.8 Å². The van der Waals surface area contributed by atoms with E-state index in [1.807, 2.05) is 11.5 Å². The Morgan fingerprint density at radius 3 is 2.74 bits per heavy atom. The van der Waals surface area contributed by atoms with Crippen molar-refractivity contribution in [3.8, 4) is 11.4 Å². The van der Waals surface area contributed by atoms with Crippen LogP contribution in [0.2, 0.25) is 0 Å². The molecule has 6 heteroatoms. The van der Waals surface area contributed by atoms with Gasteiger partial charge in [-0.2, -0.15) is 0 Å². The zero-order valence-electron chi connectivity index (χ0n) is 20.2. The lowest BCUT2D eigenvalue weighted by Crippen LogP contribution is -2.50. The first-order valence-electron chi connectivity index (χ1n) is 13.1. The number of rotatable bonds is 1. The summed E-state index contributed by atoms with van der Waals surface area (Å²) in [5.74, 6) is -0.180. The number of aryl methyl sites for hydroxylation is 1. The first-order valence-corrected chi connectivity index (χ1v) is 13.1. The molecule has 3 aromatic rings. The number of hydrogen-bond acceptors (Lipinski definition) is 4. The molecule has 0 bridgehead atoms. The van der Waals surface area contributed by atoms with Gasteiger partial charge in [-0.05, 0) is 85.6 Å². The van der Waals surface area contributed by atoms with Gasteiger partial charge in [-0.3, -0.25) is 4.79 Å². The van der Waals surface area contributed by atoms with Gasteiger partial charge in [0.15, 0.2) is 6.29 Å². The van der Waals surface area contributed by atoms with E-state index in [0.717, 1.165) is 89.5 Å². The number of benzene rings is 1. The molecule has 3 atom stereocenters. The maximum absolute atomic E-state index is 14.9. The summed E-state index contributed by atoms with van der Waals surface area (Å²) >= 11 is 0. The highest BCUT2D eigenvalue weighted by atomic mass is 19.1. The Labute approximate surface area is 202 Å². The molecule has 2 saturated carbocycles. The third kappa shape index (κ3) is 2.32. The quantitative estimate of drug-likeness (QED) is 0.434. The van der Waals surface area contributed by atoms with Gasteiger partial charge in [-0.15, -0.1) is 0 Å². The molecule has 3 unspecified atom stereocenters. The molecule has 1 aromatic carbocycles. The molecule has 1 spiro atoms. The van der Waals surface area contributed by atoms with Gasteiger partial charge >= 0.3 is 0 Å². The Kier molecular flexibility index (Phi) is 3.77. The van der Waals surface area contributed by atoms with E-state index < -0.39 is 6.29 Å². The van der Waals surface area contributed by atoms with Crippen molar-refractivity contribution in [1.29, 1.82) is 0 Å². The lowest BCUT2D eigenvalue weighted by molar-refractivity contribution is -0.176. The number of ether oxygens (including phenoxy) is 1. The molecule has 0 amide bonds. The van der Waals surface area contributed by atoms with Gasteiger partial charge in [0, 0.05) is 33.9 Å². The number of pyridine rings is 2. The van der Waals surface area contributed by atoms with Crippen molar-refractivity contribution in [3.05, 3.63) is 61.7 Å². The monoisotopic (exact) mass is 472 g/mol. The SMILES string of the molecule is CCC12CCC1C(O)OCc1c2cc2n(c1=O)Cc1c-2nc2cc(F)c(C)c3c2c1C1(CC3)CC1. The van der Waals surface area contributed by atoms with Crippen LogP contribution in [0.25, 0.3) is 22.3 Å². The maximum Gasteiger partial charge on any atom is 0.257 e. The molecule has 4 heterocycles. The van der Waals surface area contributed by atoms with Gasteiger partial charge in [0.05, 0.1) is 30.1 Å². The van der Waals surface area contributed by atoms with E-state index >= 15 is 0 Å². The molecule has 3 aliphatic carbocycles. The van der Waals surface area contributed by atoms with Crippen LogP contribution in [0, 0.1) is 18.7 Å². The van der Waals surface area contributed by atoms with Crippen molar-refractivity contribution in [2.45, 2.75) is 89.1 Å². The standard InChI is InChI=1S/C29H29FN2O3/c1-3-29-7-5-18(29)27(34)35-13-17-19(29)10-22-25-16(12-32(22)26(17)33)24-23-15(4-6-28(24)8-9-28)14(2)20(30)11-21(23)31-25/h10-11,18,27,34H,3-9,12-13H2,1-2H3. The number of aliphatic hydroxyl groups excluding tert-OH is 1. The van der Waals surface area contributed by atoms with E-state index in [-0.39, 0.29) is 34.7 Å². The molecule has 1 N–H and O–H groups in total. The average Bonchev–Trinajstić information content (AvgIpc) is 3.51. The highest BCUT2D eigenvalue weighted by molar-refractivity contribution is 5.94. The average molecular weight is 473 g/mol. The molecule has 180 valence electrons. The second-order valence-electron chi connectivity index (χ2n) is 11.6. The van der Waals surface area contributed by atoms with Crippen LogP contribution in [-0.2, 0) is 35.1 Å². The molecule has 35 heavy (non-hydrogen) atoms. The highest BCUT2D eigenvalue weighted by Crippen LogP contribution is 2.60. The third-order valence-corrected chi connectivity index (χ3v) is 10.4. The zero-order valence-corrected chi connectivity index (χ0v) is 20.2. The lowest BCUT2D eigenvalue weighted by Gasteiger charge is -2.50. The van der Waals surface area contributed by atoms with Gasteiger partial charge in [-0.25, -0.2) is 9.37 Å². The van der Waals surface area contributed by atoms with E-state index in [1.165, 1.54) is 5.56 Å². The number of halogens is 1. The lowest BCUT2D eigenvalue weighted by atomic mass is 9.54. The second-order valence-corrected chi connectivity index (χ2v) is 11.6. The first-order chi connectivity index (χ1) is 16.9. The summed E-state index contributed by atoms with van der Waals surface area (Å²) in [7, 11) is 0. The van der Waals surface area contributed by atoms with Crippen molar-refractivity contribution in [2.75, 3.05) is 0 Å². The molecular formula is C29H29FN2O3. The van der Waals surface area contributed by atoms with E-state index in [2.05, 4.69) is 13.0 Å². The fourth-order valence-corrected chi connectivity index (χ4v) is 8.12. The van der Waals surface area contributed by atoms with Crippen molar-refractivity contribution in [2.24, 2.45) is 5.92 Å². The zero-order chi connectivity index (χ0) is 23.9. The van der Waals surface area contributed by atoms with Crippen LogP contribution in [-0.4, -0.2) is 20.9 Å². The molecular weight excluding hydrogens is 443 g/mol. The number of hydrogen-bond donors (Lipinski definition) is 1. The van der Waals surface area contributed by atoms with Crippen LogP contribution in [0.4, 0.5) is 4.39 Å². The van der Waals surface area contributed by atoms with Crippen LogP contribution in [0.5, 0.6) is 0 Å². The van der Waals surface area contributed by atoms with Crippen molar-refractivity contribution in [1.82, 2.24) is 9.55 Å². The Hall–Kier alpha value is -2.57. The topological polar surface area (TPSA) is 64.3 Å².